The maximum absolute atomic E-state index is 5.73. The molecule has 0 radical (unpaired) electrons. The van der Waals surface area contributed by atoms with Gasteiger partial charge in [-0.3, -0.25) is 0 Å². The summed E-state index contributed by atoms with van der Waals surface area (Å²) in [6.07, 6.45) is 5.01. The maximum Gasteiger partial charge on any atom is 0.106 e. The second-order valence-corrected chi connectivity index (χ2v) is 5.12. The zero-order valence-electron chi connectivity index (χ0n) is 9.50. The SMILES string of the molecule is COC1(Cc2ccc(Br)nc2)CCNCC1. The van der Waals surface area contributed by atoms with Crippen molar-refractivity contribution in [1.29, 1.82) is 0 Å². The third kappa shape index (κ3) is 2.81. The van der Waals surface area contributed by atoms with Crippen LogP contribution in [0.25, 0.3) is 0 Å². The van der Waals surface area contributed by atoms with Gasteiger partial charge in [0.25, 0.3) is 0 Å². The van der Waals surface area contributed by atoms with Gasteiger partial charge in [-0.05, 0) is 53.5 Å². The van der Waals surface area contributed by atoms with Crippen molar-refractivity contribution in [3.63, 3.8) is 0 Å². The third-order valence-corrected chi connectivity index (χ3v) is 3.73. The molecule has 0 aliphatic carbocycles. The van der Waals surface area contributed by atoms with E-state index >= 15 is 0 Å². The molecule has 1 fully saturated rings. The van der Waals surface area contributed by atoms with Crippen LogP contribution in [0.2, 0.25) is 0 Å². The Morgan fingerprint density at radius 1 is 1.44 bits per heavy atom. The summed E-state index contributed by atoms with van der Waals surface area (Å²) in [7, 11) is 1.82. The second-order valence-electron chi connectivity index (χ2n) is 4.30. The molecule has 1 N–H and O–H groups in total. The van der Waals surface area contributed by atoms with Crippen molar-refractivity contribution in [3.8, 4) is 0 Å². The summed E-state index contributed by atoms with van der Waals surface area (Å²) >= 11 is 3.35. The fraction of sp³-hybridized carbons (Fsp3) is 0.583. The number of halogens is 1. The number of ether oxygens (including phenoxy) is 1. The molecule has 2 heterocycles. The molecule has 1 aromatic heterocycles. The van der Waals surface area contributed by atoms with Crippen molar-refractivity contribution >= 4 is 15.9 Å². The molecule has 2 rings (SSSR count). The molecule has 0 atom stereocenters. The Labute approximate surface area is 105 Å². The molecule has 1 saturated heterocycles. The lowest BCUT2D eigenvalue weighted by molar-refractivity contribution is -0.0334. The molecule has 3 nitrogen and oxygen atoms in total. The standard InChI is InChI=1S/C12H17BrN2O/c1-16-12(4-6-14-7-5-12)8-10-2-3-11(13)15-9-10/h2-3,9,14H,4-8H2,1H3. The Bertz CT molecular complexity index is 333. The normalized spacial score (nSPS) is 19.6. The monoisotopic (exact) mass is 284 g/mol. The highest BCUT2D eigenvalue weighted by atomic mass is 79.9. The first-order valence-electron chi connectivity index (χ1n) is 5.60. The van der Waals surface area contributed by atoms with Crippen LogP contribution in [0.4, 0.5) is 0 Å². The molecule has 1 aromatic rings. The molecule has 0 bridgehead atoms. The zero-order chi connectivity index (χ0) is 11.4. The van der Waals surface area contributed by atoms with E-state index in [1.54, 1.807) is 0 Å². The quantitative estimate of drug-likeness (QED) is 0.864. The number of hydrogen-bond donors (Lipinski definition) is 1. The van der Waals surface area contributed by atoms with E-state index in [1.165, 1.54) is 5.56 Å². The van der Waals surface area contributed by atoms with Gasteiger partial charge < -0.3 is 10.1 Å². The summed E-state index contributed by atoms with van der Waals surface area (Å²) in [5.74, 6) is 0. The first-order valence-corrected chi connectivity index (χ1v) is 6.40. The highest BCUT2D eigenvalue weighted by molar-refractivity contribution is 9.10. The van der Waals surface area contributed by atoms with Crippen LogP contribution >= 0.6 is 15.9 Å². The number of nitrogens with zero attached hydrogens (tertiary/aromatic N) is 1. The number of aromatic nitrogens is 1. The van der Waals surface area contributed by atoms with Gasteiger partial charge >= 0.3 is 0 Å². The molecule has 88 valence electrons. The molecule has 0 unspecified atom stereocenters. The topological polar surface area (TPSA) is 34.1 Å². The molecule has 16 heavy (non-hydrogen) atoms. The van der Waals surface area contributed by atoms with Crippen LogP contribution in [-0.4, -0.2) is 30.8 Å². The molecule has 0 amide bonds. The van der Waals surface area contributed by atoms with Crippen LogP contribution in [0, 0.1) is 0 Å². The van der Waals surface area contributed by atoms with Gasteiger partial charge in [0.2, 0.25) is 0 Å². The van der Waals surface area contributed by atoms with Crippen molar-refractivity contribution in [1.82, 2.24) is 10.3 Å². The number of rotatable bonds is 3. The van der Waals surface area contributed by atoms with Crippen LogP contribution in [0.1, 0.15) is 18.4 Å². The predicted molar refractivity (Wildman–Crippen MR) is 67.5 cm³/mol. The minimum Gasteiger partial charge on any atom is -0.378 e. The van der Waals surface area contributed by atoms with E-state index in [1.807, 2.05) is 19.4 Å². The van der Waals surface area contributed by atoms with Crippen molar-refractivity contribution in [2.45, 2.75) is 24.9 Å². The van der Waals surface area contributed by atoms with Gasteiger partial charge in [-0.1, -0.05) is 6.07 Å². The Morgan fingerprint density at radius 3 is 2.75 bits per heavy atom. The van der Waals surface area contributed by atoms with Crippen LogP contribution in [0.15, 0.2) is 22.9 Å². The molecular formula is C12H17BrN2O. The van der Waals surface area contributed by atoms with Crippen LogP contribution in [0.5, 0.6) is 0 Å². The van der Waals surface area contributed by atoms with E-state index in [9.17, 15) is 0 Å². The van der Waals surface area contributed by atoms with E-state index in [4.69, 9.17) is 4.74 Å². The molecular weight excluding hydrogens is 268 g/mol. The fourth-order valence-electron chi connectivity index (χ4n) is 2.22. The summed E-state index contributed by atoms with van der Waals surface area (Å²) < 4.78 is 6.62. The van der Waals surface area contributed by atoms with Gasteiger partial charge in [0.1, 0.15) is 4.60 Å². The minimum atomic E-state index is 0.000753. The number of pyridine rings is 1. The largest absolute Gasteiger partial charge is 0.378 e. The summed E-state index contributed by atoms with van der Waals surface area (Å²) in [5.41, 5.74) is 1.24. The minimum absolute atomic E-state index is 0.000753. The first kappa shape index (κ1) is 12.0. The van der Waals surface area contributed by atoms with Crippen molar-refractivity contribution in [3.05, 3.63) is 28.5 Å². The lowest BCUT2D eigenvalue weighted by atomic mass is 9.86. The number of hydrogen-bond acceptors (Lipinski definition) is 3. The van der Waals surface area contributed by atoms with Crippen molar-refractivity contribution in [2.24, 2.45) is 0 Å². The van der Waals surface area contributed by atoms with Crippen molar-refractivity contribution in [2.75, 3.05) is 20.2 Å². The Hall–Kier alpha value is -0.450. The van der Waals surface area contributed by atoms with E-state index in [2.05, 4.69) is 32.3 Å². The van der Waals surface area contributed by atoms with Crippen LogP contribution in [-0.2, 0) is 11.2 Å². The van der Waals surface area contributed by atoms with Crippen LogP contribution in [0.3, 0.4) is 0 Å². The zero-order valence-corrected chi connectivity index (χ0v) is 11.1. The van der Waals surface area contributed by atoms with Gasteiger partial charge in [-0.15, -0.1) is 0 Å². The summed E-state index contributed by atoms with van der Waals surface area (Å²) in [4.78, 5) is 4.26. The van der Waals surface area contributed by atoms with Gasteiger partial charge in [0.05, 0.1) is 5.60 Å². The second kappa shape index (κ2) is 5.25. The van der Waals surface area contributed by atoms with Gasteiger partial charge in [0.15, 0.2) is 0 Å². The molecule has 0 aromatic carbocycles. The third-order valence-electron chi connectivity index (χ3n) is 3.26. The average molecular weight is 285 g/mol. The lowest BCUT2D eigenvalue weighted by Crippen LogP contribution is -2.44. The maximum atomic E-state index is 5.73. The molecule has 0 saturated carbocycles. The fourth-order valence-corrected chi connectivity index (χ4v) is 2.45. The first-order chi connectivity index (χ1) is 7.74. The summed E-state index contributed by atoms with van der Waals surface area (Å²) in [6.45, 7) is 2.08. The highest BCUT2D eigenvalue weighted by Crippen LogP contribution is 2.27. The number of methoxy groups -OCH3 is 1. The highest BCUT2D eigenvalue weighted by Gasteiger charge is 2.31. The van der Waals surface area contributed by atoms with E-state index in [0.29, 0.717) is 0 Å². The van der Waals surface area contributed by atoms with E-state index in [0.717, 1.165) is 37.0 Å². The number of nitrogens with one attached hydrogen (secondary N) is 1. The Morgan fingerprint density at radius 2 is 2.19 bits per heavy atom. The molecule has 4 heteroatoms. The Balaban J connectivity index is 2.08. The molecule has 0 spiro atoms. The summed E-state index contributed by atoms with van der Waals surface area (Å²) in [5, 5.41) is 3.37. The smallest absolute Gasteiger partial charge is 0.106 e. The predicted octanol–water partition coefficient (Wildman–Crippen LogP) is 2.16. The average Bonchev–Trinajstić information content (AvgIpc) is 2.33. The number of piperidine rings is 1. The lowest BCUT2D eigenvalue weighted by Gasteiger charge is -2.36. The van der Waals surface area contributed by atoms with Gasteiger partial charge in [-0.25, -0.2) is 4.98 Å². The summed E-state index contributed by atoms with van der Waals surface area (Å²) in [6, 6.07) is 4.10. The van der Waals surface area contributed by atoms with Crippen molar-refractivity contribution < 1.29 is 4.74 Å². The van der Waals surface area contributed by atoms with E-state index < -0.39 is 0 Å². The van der Waals surface area contributed by atoms with Gasteiger partial charge in [-0.2, -0.15) is 0 Å². The van der Waals surface area contributed by atoms with E-state index in [-0.39, 0.29) is 5.60 Å². The molecule has 1 aliphatic heterocycles. The Kier molecular flexibility index (Phi) is 3.95. The molecule has 1 aliphatic rings. The van der Waals surface area contributed by atoms with Crippen LogP contribution < -0.4 is 5.32 Å². The van der Waals surface area contributed by atoms with Gasteiger partial charge in [0, 0.05) is 19.7 Å².